The van der Waals surface area contributed by atoms with Crippen molar-refractivity contribution in [1.82, 2.24) is 0 Å². The lowest BCUT2D eigenvalue weighted by molar-refractivity contribution is 0.230. The van der Waals surface area contributed by atoms with Crippen LogP contribution >= 0.6 is 0 Å². The SMILES string of the molecule is C=C(CC)CC(N)C1CCC(CCCC)CC1. The van der Waals surface area contributed by atoms with E-state index in [1.807, 2.05) is 0 Å². The fraction of sp³-hybridized carbons (Fsp3) is 0.875. The van der Waals surface area contributed by atoms with Crippen molar-refractivity contribution in [3.63, 3.8) is 0 Å². The number of hydrogen-bond acceptors (Lipinski definition) is 1. The van der Waals surface area contributed by atoms with Crippen molar-refractivity contribution in [2.45, 2.75) is 77.7 Å². The summed E-state index contributed by atoms with van der Waals surface area (Å²) in [5.74, 6) is 1.75. The zero-order valence-electron chi connectivity index (χ0n) is 11.9. The van der Waals surface area contributed by atoms with Gasteiger partial charge in [-0.05, 0) is 37.5 Å². The van der Waals surface area contributed by atoms with Crippen LogP contribution in [0.5, 0.6) is 0 Å². The quantitative estimate of drug-likeness (QED) is 0.640. The molecular formula is C16H31N. The van der Waals surface area contributed by atoms with Gasteiger partial charge < -0.3 is 5.73 Å². The van der Waals surface area contributed by atoms with Crippen LogP contribution in [0.4, 0.5) is 0 Å². The molecule has 1 aliphatic rings. The number of nitrogens with two attached hydrogens (primary N) is 1. The lowest BCUT2D eigenvalue weighted by Crippen LogP contribution is -2.33. The normalized spacial score (nSPS) is 26.8. The van der Waals surface area contributed by atoms with E-state index in [1.54, 1.807) is 0 Å². The van der Waals surface area contributed by atoms with Crippen LogP contribution < -0.4 is 5.73 Å². The van der Waals surface area contributed by atoms with Crippen molar-refractivity contribution in [3.05, 3.63) is 12.2 Å². The van der Waals surface area contributed by atoms with Gasteiger partial charge in [-0.2, -0.15) is 0 Å². The Hall–Kier alpha value is -0.300. The third-order valence-corrected chi connectivity index (χ3v) is 4.49. The lowest BCUT2D eigenvalue weighted by atomic mass is 9.76. The van der Waals surface area contributed by atoms with E-state index in [0.717, 1.165) is 24.7 Å². The van der Waals surface area contributed by atoms with Crippen molar-refractivity contribution in [3.8, 4) is 0 Å². The second-order valence-corrected chi connectivity index (χ2v) is 5.89. The number of rotatable bonds is 7. The summed E-state index contributed by atoms with van der Waals surface area (Å²) in [6, 6.07) is 0.370. The Balaban J connectivity index is 2.23. The molecule has 1 unspecified atom stereocenters. The Morgan fingerprint density at radius 1 is 1.24 bits per heavy atom. The standard InChI is InChI=1S/C16H31N/c1-4-6-7-14-8-10-15(11-9-14)16(17)12-13(3)5-2/h14-16H,3-12,17H2,1-2H3. The average Bonchev–Trinajstić information content (AvgIpc) is 2.36. The first kappa shape index (κ1) is 14.8. The van der Waals surface area contributed by atoms with E-state index >= 15 is 0 Å². The molecule has 0 amide bonds. The molecule has 0 spiro atoms. The molecule has 0 aromatic heterocycles. The topological polar surface area (TPSA) is 26.0 Å². The van der Waals surface area contributed by atoms with Gasteiger partial charge in [0.15, 0.2) is 0 Å². The zero-order chi connectivity index (χ0) is 12.7. The number of unbranched alkanes of at least 4 members (excludes halogenated alkanes) is 1. The fourth-order valence-electron chi connectivity index (χ4n) is 3.04. The van der Waals surface area contributed by atoms with Crippen molar-refractivity contribution in [2.24, 2.45) is 17.6 Å². The van der Waals surface area contributed by atoms with Gasteiger partial charge in [0.05, 0.1) is 0 Å². The minimum atomic E-state index is 0.370. The molecule has 0 aromatic rings. The van der Waals surface area contributed by atoms with E-state index < -0.39 is 0 Å². The van der Waals surface area contributed by atoms with Gasteiger partial charge in [0.2, 0.25) is 0 Å². The summed E-state index contributed by atoms with van der Waals surface area (Å²) in [6.45, 7) is 8.55. The molecule has 0 radical (unpaired) electrons. The summed E-state index contributed by atoms with van der Waals surface area (Å²) < 4.78 is 0. The molecule has 1 atom stereocenters. The first-order valence-corrected chi connectivity index (χ1v) is 7.59. The van der Waals surface area contributed by atoms with Crippen LogP contribution in [-0.2, 0) is 0 Å². The Labute approximate surface area is 108 Å². The molecule has 1 heteroatoms. The molecule has 0 heterocycles. The third kappa shape index (κ3) is 5.25. The molecule has 2 N–H and O–H groups in total. The Bertz CT molecular complexity index is 214. The van der Waals surface area contributed by atoms with Crippen molar-refractivity contribution >= 4 is 0 Å². The van der Waals surface area contributed by atoms with E-state index in [4.69, 9.17) is 5.73 Å². The van der Waals surface area contributed by atoms with Crippen LogP contribution in [0.3, 0.4) is 0 Å². The molecule has 0 aliphatic heterocycles. The first-order chi connectivity index (χ1) is 8.17. The molecule has 0 saturated heterocycles. The second-order valence-electron chi connectivity index (χ2n) is 5.89. The maximum Gasteiger partial charge on any atom is 0.0104 e. The first-order valence-electron chi connectivity index (χ1n) is 7.59. The molecule has 1 nitrogen and oxygen atoms in total. The van der Waals surface area contributed by atoms with Gasteiger partial charge in [-0.25, -0.2) is 0 Å². The van der Waals surface area contributed by atoms with E-state index in [-0.39, 0.29) is 0 Å². The third-order valence-electron chi connectivity index (χ3n) is 4.49. The maximum atomic E-state index is 6.31. The van der Waals surface area contributed by atoms with Gasteiger partial charge in [-0.15, -0.1) is 0 Å². The van der Waals surface area contributed by atoms with Gasteiger partial charge in [0.25, 0.3) is 0 Å². The maximum absolute atomic E-state index is 6.31. The molecule has 1 fully saturated rings. The van der Waals surface area contributed by atoms with Crippen molar-refractivity contribution < 1.29 is 0 Å². The van der Waals surface area contributed by atoms with Gasteiger partial charge in [0, 0.05) is 6.04 Å². The highest BCUT2D eigenvalue weighted by atomic mass is 14.7. The second kappa shape index (κ2) is 7.92. The molecule has 1 aliphatic carbocycles. The Kier molecular flexibility index (Phi) is 6.87. The summed E-state index contributed by atoms with van der Waals surface area (Å²) in [4.78, 5) is 0. The Morgan fingerprint density at radius 2 is 1.88 bits per heavy atom. The summed E-state index contributed by atoms with van der Waals surface area (Å²) in [6.07, 6.45) is 11.9. The van der Waals surface area contributed by atoms with Crippen molar-refractivity contribution in [1.29, 1.82) is 0 Å². The van der Waals surface area contributed by atoms with Gasteiger partial charge in [0.1, 0.15) is 0 Å². The van der Waals surface area contributed by atoms with Crippen LogP contribution in [0.1, 0.15) is 71.6 Å². The predicted molar refractivity (Wildman–Crippen MR) is 77.0 cm³/mol. The molecular weight excluding hydrogens is 206 g/mol. The molecule has 1 rings (SSSR count). The number of hydrogen-bond donors (Lipinski definition) is 1. The molecule has 100 valence electrons. The highest BCUT2D eigenvalue weighted by molar-refractivity contribution is 4.97. The van der Waals surface area contributed by atoms with Gasteiger partial charge in [-0.1, -0.05) is 58.1 Å². The van der Waals surface area contributed by atoms with Crippen LogP contribution in [-0.4, -0.2) is 6.04 Å². The lowest BCUT2D eigenvalue weighted by Gasteiger charge is -2.32. The monoisotopic (exact) mass is 237 g/mol. The highest BCUT2D eigenvalue weighted by Gasteiger charge is 2.25. The minimum absolute atomic E-state index is 0.370. The van der Waals surface area contributed by atoms with E-state index in [1.165, 1.54) is 50.5 Å². The zero-order valence-corrected chi connectivity index (χ0v) is 11.9. The van der Waals surface area contributed by atoms with Gasteiger partial charge >= 0.3 is 0 Å². The van der Waals surface area contributed by atoms with Crippen LogP contribution in [0.25, 0.3) is 0 Å². The highest BCUT2D eigenvalue weighted by Crippen LogP contribution is 2.34. The predicted octanol–water partition coefficient (Wildman–Crippen LogP) is 4.67. The van der Waals surface area contributed by atoms with Gasteiger partial charge in [-0.3, -0.25) is 0 Å². The summed E-state index contributed by atoms with van der Waals surface area (Å²) in [5.41, 5.74) is 7.63. The molecule has 0 bridgehead atoms. The molecule has 0 aromatic carbocycles. The van der Waals surface area contributed by atoms with Crippen LogP contribution in [0.2, 0.25) is 0 Å². The van der Waals surface area contributed by atoms with Crippen molar-refractivity contribution in [2.75, 3.05) is 0 Å². The van der Waals surface area contributed by atoms with Crippen LogP contribution in [0, 0.1) is 11.8 Å². The smallest absolute Gasteiger partial charge is 0.0104 e. The summed E-state index contributed by atoms with van der Waals surface area (Å²) in [5, 5.41) is 0. The van der Waals surface area contributed by atoms with E-state index in [0.29, 0.717) is 6.04 Å². The summed E-state index contributed by atoms with van der Waals surface area (Å²) >= 11 is 0. The largest absolute Gasteiger partial charge is 0.327 e. The fourth-order valence-corrected chi connectivity index (χ4v) is 3.04. The minimum Gasteiger partial charge on any atom is -0.327 e. The van der Waals surface area contributed by atoms with E-state index in [9.17, 15) is 0 Å². The summed E-state index contributed by atoms with van der Waals surface area (Å²) in [7, 11) is 0. The molecule has 1 saturated carbocycles. The Morgan fingerprint density at radius 3 is 2.41 bits per heavy atom. The van der Waals surface area contributed by atoms with E-state index in [2.05, 4.69) is 20.4 Å². The average molecular weight is 237 g/mol. The van der Waals surface area contributed by atoms with Crippen LogP contribution in [0.15, 0.2) is 12.2 Å². The molecule has 17 heavy (non-hydrogen) atoms.